The van der Waals surface area contributed by atoms with Crippen molar-refractivity contribution in [2.24, 2.45) is 5.73 Å². The fraction of sp³-hybridized carbons (Fsp3) is 0.500. The molecule has 106 valence electrons. The van der Waals surface area contributed by atoms with E-state index in [4.69, 9.17) is 15.2 Å². The van der Waals surface area contributed by atoms with Crippen LogP contribution in [0.1, 0.15) is 18.9 Å². The molecule has 3 N–H and O–H groups in total. The average molecular weight is 266 g/mol. The number of para-hydroxylation sites is 1. The van der Waals surface area contributed by atoms with Crippen molar-refractivity contribution in [3.8, 4) is 5.75 Å². The first kappa shape index (κ1) is 15.5. The largest absolute Gasteiger partial charge is 0.491 e. The molecular weight excluding hydrogens is 244 g/mol. The predicted octanol–water partition coefficient (Wildman–Crippen LogP) is 1.07. The minimum atomic E-state index is -0.131. The summed E-state index contributed by atoms with van der Waals surface area (Å²) in [6, 6.07) is 7.48. The molecule has 1 unspecified atom stereocenters. The van der Waals surface area contributed by atoms with Crippen LogP contribution in [0.3, 0.4) is 0 Å². The molecule has 1 atom stereocenters. The van der Waals surface area contributed by atoms with E-state index in [1.165, 1.54) is 0 Å². The van der Waals surface area contributed by atoms with Crippen molar-refractivity contribution in [2.45, 2.75) is 25.9 Å². The van der Waals surface area contributed by atoms with E-state index in [0.29, 0.717) is 26.2 Å². The quantitative estimate of drug-likeness (QED) is 0.690. The summed E-state index contributed by atoms with van der Waals surface area (Å²) in [6.45, 7) is 3.27. The lowest BCUT2D eigenvalue weighted by Gasteiger charge is -2.12. The van der Waals surface area contributed by atoms with E-state index in [-0.39, 0.29) is 11.9 Å². The Labute approximate surface area is 114 Å². The summed E-state index contributed by atoms with van der Waals surface area (Å²) < 4.78 is 10.5. The molecule has 19 heavy (non-hydrogen) atoms. The number of hydrogen-bond donors (Lipinski definition) is 2. The molecule has 1 aromatic carbocycles. The molecule has 1 rings (SSSR count). The number of nitrogens with two attached hydrogens (primary N) is 1. The second-order valence-electron chi connectivity index (χ2n) is 4.41. The highest BCUT2D eigenvalue weighted by Gasteiger charge is 2.07. The fourth-order valence-electron chi connectivity index (χ4n) is 1.58. The highest BCUT2D eigenvalue weighted by Crippen LogP contribution is 2.17. The van der Waals surface area contributed by atoms with Gasteiger partial charge in [0.1, 0.15) is 12.4 Å². The van der Waals surface area contributed by atoms with Crippen molar-refractivity contribution in [3.63, 3.8) is 0 Å². The maximum absolute atomic E-state index is 11.5. The Balaban J connectivity index is 2.50. The van der Waals surface area contributed by atoms with Gasteiger partial charge in [-0.1, -0.05) is 18.2 Å². The molecule has 0 fully saturated rings. The lowest BCUT2D eigenvalue weighted by Crippen LogP contribution is -2.29. The van der Waals surface area contributed by atoms with E-state index in [1.807, 2.05) is 24.3 Å². The van der Waals surface area contributed by atoms with Gasteiger partial charge in [0.2, 0.25) is 5.91 Å². The molecule has 5 nitrogen and oxygen atoms in total. The summed E-state index contributed by atoms with van der Waals surface area (Å²) in [7, 11) is 1.63. The number of carbonyl (C=O) groups excluding carboxylic acids is 1. The Kier molecular flexibility index (Phi) is 6.92. The van der Waals surface area contributed by atoms with E-state index < -0.39 is 0 Å². The number of rotatable bonds is 8. The van der Waals surface area contributed by atoms with Gasteiger partial charge in [-0.05, 0) is 13.0 Å². The summed E-state index contributed by atoms with van der Waals surface area (Å²) in [5, 5.41) is 2.83. The average Bonchev–Trinajstić information content (AvgIpc) is 2.37. The first-order chi connectivity index (χ1) is 9.13. The number of benzene rings is 1. The number of nitrogens with one attached hydrogen (secondary N) is 1. The molecular formula is C14H22N2O3. The summed E-state index contributed by atoms with van der Waals surface area (Å²) in [6.07, 6.45) is 0.326. The van der Waals surface area contributed by atoms with Crippen LogP contribution in [0.25, 0.3) is 0 Å². The van der Waals surface area contributed by atoms with Gasteiger partial charge in [0.25, 0.3) is 0 Å². The Morgan fingerprint density at radius 1 is 1.37 bits per heavy atom. The molecule has 5 heteroatoms. The zero-order chi connectivity index (χ0) is 14.1. The Hall–Kier alpha value is -1.59. The van der Waals surface area contributed by atoms with Crippen LogP contribution in [0.4, 0.5) is 0 Å². The monoisotopic (exact) mass is 266 g/mol. The summed E-state index contributed by atoms with van der Waals surface area (Å²) in [4.78, 5) is 11.5. The van der Waals surface area contributed by atoms with Crippen LogP contribution in [0.2, 0.25) is 0 Å². The Morgan fingerprint density at radius 3 is 2.79 bits per heavy atom. The van der Waals surface area contributed by atoms with E-state index in [9.17, 15) is 4.79 Å². The molecule has 0 saturated carbocycles. The third-order valence-corrected chi connectivity index (χ3v) is 2.50. The summed E-state index contributed by atoms with van der Waals surface area (Å²) >= 11 is 0. The van der Waals surface area contributed by atoms with Crippen molar-refractivity contribution in [1.82, 2.24) is 5.32 Å². The molecule has 0 aliphatic carbocycles. The number of hydrogen-bond acceptors (Lipinski definition) is 4. The second-order valence-corrected chi connectivity index (χ2v) is 4.41. The van der Waals surface area contributed by atoms with Crippen LogP contribution in [0.5, 0.6) is 5.75 Å². The number of carbonyl (C=O) groups is 1. The highest BCUT2D eigenvalue weighted by atomic mass is 16.5. The summed E-state index contributed by atoms with van der Waals surface area (Å²) in [5.74, 6) is 0.711. The van der Waals surface area contributed by atoms with Crippen molar-refractivity contribution < 1.29 is 14.3 Å². The van der Waals surface area contributed by atoms with Crippen LogP contribution in [0, 0.1) is 0 Å². The second kappa shape index (κ2) is 8.50. The Morgan fingerprint density at radius 2 is 2.11 bits per heavy atom. The first-order valence-corrected chi connectivity index (χ1v) is 6.35. The van der Waals surface area contributed by atoms with E-state index in [0.717, 1.165) is 11.3 Å². The molecule has 0 bridgehead atoms. The van der Waals surface area contributed by atoms with E-state index >= 15 is 0 Å². The highest BCUT2D eigenvalue weighted by molar-refractivity contribution is 5.76. The fourth-order valence-corrected chi connectivity index (χ4v) is 1.58. The third-order valence-electron chi connectivity index (χ3n) is 2.50. The molecule has 0 saturated heterocycles. The van der Waals surface area contributed by atoms with Crippen LogP contribution < -0.4 is 15.8 Å². The maximum Gasteiger partial charge on any atom is 0.221 e. The molecule has 0 spiro atoms. The van der Waals surface area contributed by atoms with Gasteiger partial charge in [-0.2, -0.15) is 0 Å². The first-order valence-electron chi connectivity index (χ1n) is 6.35. The SMILES string of the molecule is COCCOc1ccccc1CNC(=O)CC(C)N. The van der Waals surface area contributed by atoms with Crippen molar-refractivity contribution in [3.05, 3.63) is 29.8 Å². The van der Waals surface area contributed by atoms with Crippen LogP contribution in [0.15, 0.2) is 24.3 Å². The molecule has 0 aliphatic rings. The number of amides is 1. The molecule has 0 aliphatic heterocycles. The van der Waals surface area contributed by atoms with Crippen molar-refractivity contribution >= 4 is 5.91 Å². The third kappa shape index (κ3) is 6.22. The van der Waals surface area contributed by atoms with Gasteiger partial charge in [0.15, 0.2) is 0 Å². The maximum atomic E-state index is 11.5. The zero-order valence-electron chi connectivity index (χ0n) is 11.5. The molecule has 1 amide bonds. The van der Waals surface area contributed by atoms with Gasteiger partial charge in [-0.25, -0.2) is 0 Å². The summed E-state index contributed by atoms with van der Waals surface area (Å²) in [5.41, 5.74) is 6.52. The van der Waals surface area contributed by atoms with Gasteiger partial charge in [-0.15, -0.1) is 0 Å². The topological polar surface area (TPSA) is 73.6 Å². The van der Waals surface area contributed by atoms with E-state index in [2.05, 4.69) is 5.32 Å². The van der Waals surface area contributed by atoms with Gasteiger partial charge in [0.05, 0.1) is 6.61 Å². The Bertz CT molecular complexity index is 394. The van der Waals surface area contributed by atoms with Crippen molar-refractivity contribution in [1.29, 1.82) is 0 Å². The standard InChI is InChI=1S/C14H22N2O3/c1-11(15)9-14(17)16-10-12-5-3-4-6-13(12)19-8-7-18-2/h3-6,11H,7-10,15H2,1-2H3,(H,16,17). The van der Waals surface area contributed by atoms with Gasteiger partial charge < -0.3 is 20.5 Å². The van der Waals surface area contributed by atoms with Crippen LogP contribution in [-0.4, -0.2) is 32.3 Å². The zero-order valence-corrected chi connectivity index (χ0v) is 11.5. The lowest BCUT2D eigenvalue weighted by molar-refractivity contribution is -0.121. The van der Waals surface area contributed by atoms with Crippen LogP contribution >= 0.6 is 0 Å². The van der Waals surface area contributed by atoms with Crippen LogP contribution in [-0.2, 0) is 16.1 Å². The van der Waals surface area contributed by atoms with Gasteiger partial charge >= 0.3 is 0 Å². The molecule has 1 aromatic rings. The molecule has 0 radical (unpaired) electrons. The predicted molar refractivity (Wildman–Crippen MR) is 73.9 cm³/mol. The smallest absolute Gasteiger partial charge is 0.221 e. The van der Waals surface area contributed by atoms with Crippen molar-refractivity contribution in [2.75, 3.05) is 20.3 Å². The van der Waals surface area contributed by atoms with Gasteiger partial charge in [-0.3, -0.25) is 4.79 Å². The number of ether oxygens (including phenoxy) is 2. The lowest BCUT2D eigenvalue weighted by atomic mass is 10.2. The minimum absolute atomic E-state index is 0.0540. The molecule has 0 heterocycles. The normalized spacial score (nSPS) is 11.9. The van der Waals surface area contributed by atoms with E-state index in [1.54, 1.807) is 14.0 Å². The number of methoxy groups -OCH3 is 1. The molecule has 0 aromatic heterocycles. The van der Waals surface area contributed by atoms with Gasteiger partial charge in [0, 0.05) is 31.7 Å². The minimum Gasteiger partial charge on any atom is -0.491 e.